The lowest BCUT2D eigenvalue weighted by atomic mass is 9.81. The third-order valence-corrected chi connectivity index (χ3v) is 7.13. The average molecular weight is 501 g/mol. The first-order valence-corrected chi connectivity index (χ1v) is 12.5. The van der Waals surface area contributed by atoms with Crippen molar-refractivity contribution < 1.29 is 18.3 Å². The molecule has 2 aliphatic rings. The fourth-order valence-corrected chi connectivity index (χ4v) is 4.83. The Balaban J connectivity index is 1.41. The number of nitriles is 1. The second-order valence-electron chi connectivity index (χ2n) is 9.61. The van der Waals surface area contributed by atoms with Gasteiger partial charge in [-0.05, 0) is 50.7 Å². The highest BCUT2D eigenvalue weighted by molar-refractivity contribution is 5.69. The zero-order valence-corrected chi connectivity index (χ0v) is 20.7. The van der Waals surface area contributed by atoms with Crippen LogP contribution in [0, 0.1) is 28.5 Å². The Morgan fingerprint density at radius 3 is 2.58 bits per heavy atom. The maximum absolute atomic E-state index is 14.7. The second-order valence-corrected chi connectivity index (χ2v) is 9.61. The van der Waals surface area contributed by atoms with Gasteiger partial charge in [0.05, 0.1) is 30.0 Å². The van der Waals surface area contributed by atoms with Gasteiger partial charge in [-0.25, -0.2) is 14.4 Å². The molecule has 3 N–H and O–H groups in total. The maximum atomic E-state index is 14.7. The first kappa shape index (κ1) is 26.2. The molecule has 1 saturated heterocycles. The molecule has 1 saturated carbocycles. The fraction of sp³-hybridized carbons (Fsp3) is 0.577. The predicted molar refractivity (Wildman–Crippen MR) is 134 cm³/mol. The predicted octanol–water partition coefficient (Wildman–Crippen LogP) is 4.11. The van der Waals surface area contributed by atoms with Crippen LogP contribution in [-0.2, 0) is 9.47 Å². The molecule has 0 unspecified atom stereocenters. The Morgan fingerprint density at radius 2 is 1.86 bits per heavy atom. The summed E-state index contributed by atoms with van der Waals surface area (Å²) in [5, 5.41) is 19.6. The van der Waals surface area contributed by atoms with E-state index < -0.39 is 17.2 Å². The minimum atomic E-state index is -0.692. The van der Waals surface area contributed by atoms with E-state index in [1.807, 2.05) is 0 Å². The molecule has 0 spiro atoms. The Kier molecular flexibility index (Phi) is 9.02. The smallest absolute Gasteiger partial charge is 0.236 e. The van der Waals surface area contributed by atoms with Crippen LogP contribution in [0.15, 0.2) is 24.5 Å². The lowest BCUT2D eigenvalue weighted by molar-refractivity contribution is 0.0456. The summed E-state index contributed by atoms with van der Waals surface area (Å²) in [5.41, 5.74) is 0.237. The number of halogens is 2. The zero-order valence-electron chi connectivity index (χ0n) is 20.7. The second kappa shape index (κ2) is 12.4. The summed E-state index contributed by atoms with van der Waals surface area (Å²) in [4.78, 5) is 8.05. The molecule has 1 aliphatic carbocycles. The molecule has 0 radical (unpaired) electrons. The van der Waals surface area contributed by atoms with E-state index in [1.54, 1.807) is 13.2 Å². The van der Waals surface area contributed by atoms with E-state index in [-0.39, 0.29) is 18.3 Å². The molecule has 8 nitrogen and oxygen atoms in total. The number of rotatable bonds is 10. The van der Waals surface area contributed by atoms with E-state index in [0.29, 0.717) is 55.6 Å². The van der Waals surface area contributed by atoms with Gasteiger partial charge < -0.3 is 25.4 Å². The van der Waals surface area contributed by atoms with Crippen LogP contribution >= 0.6 is 0 Å². The van der Waals surface area contributed by atoms with Gasteiger partial charge in [0.2, 0.25) is 5.95 Å². The van der Waals surface area contributed by atoms with Crippen molar-refractivity contribution in [2.45, 2.75) is 50.6 Å². The van der Waals surface area contributed by atoms with E-state index >= 15 is 0 Å². The first-order valence-electron chi connectivity index (χ1n) is 12.5. The van der Waals surface area contributed by atoms with Crippen molar-refractivity contribution in [3.8, 4) is 17.2 Å². The lowest BCUT2D eigenvalue weighted by Gasteiger charge is -2.31. The summed E-state index contributed by atoms with van der Waals surface area (Å²) in [6.45, 7) is 2.81. The van der Waals surface area contributed by atoms with E-state index in [9.17, 15) is 14.0 Å². The van der Waals surface area contributed by atoms with Gasteiger partial charge in [0, 0.05) is 62.8 Å². The van der Waals surface area contributed by atoms with Crippen LogP contribution in [0.2, 0.25) is 0 Å². The van der Waals surface area contributed by atoms with Crippen molar-refractivity contribution in [2.75, 3.05) is 50.7 Å². The summed E-state index contributed by atoms with van der Waals surface area (Å²) in [6, 6.07) is 6.26. The maximum Gasteiger partial charge on any atom is 0.236 e. The monoisotopic (exact) mass is 500 g/mol. The van der Waals surface area contributed by atoms with E-state index in [1.165, 1.54) is 18.5 Å². The molecule has 36 heavy (non-hydrogen) atoms. The molecule has 0 bridgehead atoms. The van der Waals surface area contributed by atoms with Crippen LogP contribution in [0.25, 0.3) is 11.1 Å². The first-order chi connectivity index (χ1) is 17.5. The molecule has 3 heterocycles. The molecule has 194 valence electrons. The number of nitrogens with one attached hydrogen (secondary N) is 3. The summed E-state index contributed by atoms with van der Waals surface area (Å²) in [7, 11) is 1.70. The summed E-state index contributed by atoms with van der Waals surface area (Å²) < 4.78 is 39.7. The average Bonchev–Trinajstić information content (AvgIpc) is 2.91. The number of aromatic nitrogens is 2. The number of hydrogen-bond acceptors (Lipinski definition) is 8. The van der Waals surface area contributed by atoms with Gasteiger partial charge in [0.15, 0.2) is 0 Å². The fourth-order valence-electron chi connectivity index (χ4n) is 4.83. The van der Waals surface area contributed by atoms with Gasteiger partial charge in [-0.2, -0.15) is 9.65 Å². The molecule has 2 aromatic rings. The minimum Gasteiger partial charge on any atom is -0.383 e. The topological polar surface area (TPSA) is 104 Å². The number of methoxy groups -OCH3 is 1. The Labute approximate surface area is 210 Å². The van der Waals surface area contributed by atoms with Gasteiger partial charge >= 0.3 is 0 Å². The molecule has 1 aliphatic heterocycles. The highest BCUT2D eigenvalue weighted by Gasteiger charge is 2.33. The molecule has 2 aromatic heterocycles. The third kappa shape index (κ3) is 6.66. The van der Waals surface area contributed by atoms with Crippen molar-refractivity contribution in [3.05, 3.63) is 36.3 Å². The molecule has 0 aromatic carbocycles. The lowest BCUT2D eigenvalue weighted by Crippen LogP contribution is -2.38. The zero-order chi connectivity index (χ0) is 25.4. The van der Waals surface area contributed by atoms with Crippen LogP contribution in [0.1, 0.15) is 38.5 Å². The Bertz CT molecular complexity index is 1050. The normalized spacial score (nSPS) is 21.5. The van der Waals surface area contributed by atoms with Gasteiger partial charge in [0.1, 0.15) is 11.6 Å². The highest BCUT2D eigenvalue weighted by atomic mass is 19.1. The van der Waals surface area contributed by atoms with Crippen LogP contribution in [-0.4, -0.2) is 62.1 Å². The Morgan fingerprint density at radius 1 is 1.11 bits per heavy atom. The van der Waals surface area contributed by atoms with Crippen molar-refractivity contribution >= 4 is 11.5 Å². The number of pyridine rings is 2. The van der Waals surface area contributed by atoms with Gasteiger partial charge in [0.25, 0.3) is 0 Å². The molecular formula is C26H34F2N6O2. The van der Waals surface area contributed by atoms with Crippen LogP contribution in [0.5, 0.6) is 0 Å². The standard InChI is InChI=1S/C26H34F2N6O2/c1-35-11-8-30-19-2-4-20(5-3-19)34-24-13-21(22(27)15-31-24)18-12-23(25(28)32-14-18)33-17-26(16-29)6-9-36-10-7-26/h12-15,19-20,30,33H,2-11,17H2,1H3,(H,31,34). The molecule has 10 heteroatoms. The number of ether oxygens (including phenoxy) is 2. The Hall–Kier alpha value is -2.87. The molecule has 2 fully saturated rings. The summed E-state index contributed by atoms with van der Waals surface area (Å²) in [5.74, 6) is -0.627. The van der Waals surface area contributed by atoms with Crippen molar-refractivity contribution in [1.29, 1.82) is 5.26 Å². The van der Waals surface area contributed by atoms with Crippen molar-refractivity contribution in [3.63, 3.8) is 0 Å². The van der Waals surface area contributed by atoms with Gasteiger partial charge in [-0.15, -0.1) is 0 Å². The number of anilines is 2. The third-order valence-electron chi connectivity index (χ3n) is 7.13. The van der Waals surface area contributed by atoms with Crippen LogP contribution in [0.3, 0.4) is 0 Å². The van der Waals surface area contributed by atoms with E-state index in [0.717, 1.165) is 32.2 Å². The summed E-state index contributed by atoms with van der Waals surface area (Å²) in [6.07, 6.45) is 7.70. The van der Waals surface area contributed by atoms with E-state index in [2.05, 4.69) is 32.0 Å². The highest BCUT2D eigenvalue weighted by Crippen LogP contribution is 2.32. The van der Waals surface area contributed by atoms with Crippen molar-refractivity contribution in [2.24, 2.45) is 5.41 Å². The quantitative estimate of drug-likeness (QED) is 0.331. The van der Waals surface area contributed by atoms with Gasteiger partial charge in [-0.3, -0.25) is 0 Å². The van der Waals surface area contributed by atoms with Crippen LogP contribution in [0.4, 0.5) is 20.3 Å². The van der Waals surface area contributed by atoms with Crippen LogP contribution < -0.4 is 16.0 Å². The SMILES string of the molecule is COCCNC1CCC(Nc2cc(-c3cnc(F)c(NCC4(C#N)CCOCC4)c3)c(F)cn2)CC1. The molecule has 4 rings (SSSR count). The molecule has 0 atom stereocenters. The number of hydrogen-bond donors (Lipinski definition) is 3. The van der Waals surface area contributed by atoms with E-state index in [4.69, 9.17) is 9.47 Å². The van der Waals surface area contributed by atoms with Gasteiger partial charge in [-0.1, -0.05) is 0 Å². The number of nitrogens with zero attached hydrogens (tertiary/aromatic N) is 3. The molecule has 0 amide bonds. The minimum absolute atomic E-state index is 0.138. The van der Waals surface area contributed by atoms with Crippen molar-refractivity contribution in [1.82, 2.24) is 15.3 Å². The molecular weight excluding hydrogens is 466 g/mol. The largest absolute Gasteiger partial charge is 0.383 e. The summed E-state index contributed by atoms with van der Waals surface area (Å²) >= 11 is 0.